The Morgan fingerprint density at radius 3 is 1.56 bits per heavy atom. The lowest BCUT2D eigenvalue weighted by Gasteiger charge is -1.99. The molecule has 0 spiro atoms. The van der Waals surface area contributed by atoms with Crippen LogP contribution in [0.4, 0.5) is 0 Å². The van der Waals surface area contributed by atoms with Gasteiger partial charge >= 0.3 is 0 Å². The van der Waals surface area contributed by atoms with E-state index in [-0.39, 0.29) is 23.4 Å². The quantitative estimate of drug-likeness (QED) is 0.684. The van der Waals surface area contributed by atoms with E-state index in [1.807, 2.05) is 34.6 Å². The van der Waals surface area contributed by atoms with Crippen LogP contribution in [0.5, 0.6) is 0 Å². The van der Waals surface area contributed by atoms with Gasteiger partial charge in [0.05, 0.1) is 0 Å². The summed E-state index contributed by atoms with van der Waals surface area (Å²) in [6.07, 6.45) is 3.37. The van der Waals surface area contributed by atoms with Crippen molar-refractivity contribution < 1.29 is 9.59 Å². The molecule has 0 aliphatic rings. The summed E-state index contributed by atoms with van der Waals surface area (Å²) in [4.78, 5) is 21.4. The lowest BCUT2D eigenvalue weighted by molar-refractivity contribution is -0.118. The van der Waals surface area contributed by atoms with Crippen LogP contribution in [-0.2, 0) is 9.59 Å². The maximum Gasteiger partial charge on any atom is 0.160 e. The molecular formula is C14H24O2. The fourth-order valence-electron chi connectivity index (χ4n) is 0.850. The highest BCUT2D eigenvalue weighted by atomic mass is 16.1. The van der Waals surface area contributed by atoms with Crippen molar-refractivity contribution in [2.75, 3.05) is 0 Å². The molecular weight excluding hydrogens is 200 g/mol. The predicted molar refractivity (Wildman–Crippen MR) is 69.3 cm³/mol. The van der Waals surface area contributed by atoms with Crippen molar-refractivity contribution in [3.05, 3.63) is 24.3 Å². The van der Waals surface area contributed by atoms with Crippen LogP contribution >= 0.6 is 0 Å². The largest absolute Gasteiger partial charge is 0.295 e. The highest BCUT2D eigenvalue weighted by molar-refractivity contribution is 5.95. The number of carbonyl (C=O) groups is 2. The normalized spacial score (nSPS) is 10.2. The zero-order valence-corrected chi connectivity index (χ0v) is 11.3. The Hall–Kier alpha value is -1.18. The zero-order valence-electron chi connectivity index (χ0n) is 11.3. The van der Waals surface area contributed by atoms with E-state index in [9.17, 15) is 9.59 Å². The fraction of sp³-hybridized carbons (Fsp3) is 0.571. The summed E-state index contributed by atoms with van der Waals surface area (Å²) in [5, 5.41) is 0. The van der Waals surface area contributed by atoms with Crippen LogP contribution in [-0.4, -0.2) is 11.6 Å². The van der Waals surface area contributed by atoms with Gasteiger partial charge in [-0.2, -0.15) is 0 Å². The zero-order chi connectivity index (χ0) is 13.3. The lowest BCUT2D eigenvalue weighted by atomic mass is 10.0. The molecule has 0 fully saturated rings. The van der Waals surface area contributed by atoms with Crippen LogP contribution in [0, 0.1) is 11.8 Å². The van der Waals surface area contributed by atoms with Gasteiger partial charge in [-0.25, -0.2) is 0 Å². The van der Waals surface area contributed by atoms with Gasteiger partial charge in [-0.05, 0) is 25.5 Å². The summed E-state index contributed by atoms with van der Waals surface area (Å²) in [7, 11) is 0. The summed E-state index contributed by atoms with van der Waals surface area (Å²) in [5.41, 5.74) is 0.653. The highest BCUT2D eigenvalue weighted by Crippen LogP contribution is 2.01. The van der Waals surface area contributed by atoms with E-state index >= 15 is 0 Å². The maximum atomic E-state index is 10.7. The Morgan fingerprint density at radius 1 is 1.06 bits per heavy atom. The molecule has 0 amide bonds. The van der Waals surface area contributed by atoms with Gasteiger partial charge in [0.1, 0.15) is 0 Å². The SMILES string of the molecule is C/C=C/C(=O)C(C)C.C=C(C)C(=O)C(C)C. The van der Waals surface area contributed by atoms with Gasteiger partial charge in [-0.15, -0.1) is 0 Å². The molecule has 0 rings (SSSR count). The van der Waals surface area contributed by atoms with E-state index in [1.54, 1.807) is 19.1 Å². The average Bonchev–Trinajstić information content (AvgIpc) is 2.17. The fourth-order valence-corrected chi connectivity index (χ4v) is 0.850. The molecule has 0 aliphatic heterocycles. The first-order chi connectivity index (χ1) is 7.23. The minimum absolute atomic E-state index is 0.104. The van der Waals surface area contributed by atoms with E-state index in [4.69, 9.17) is 0 Å². The van der Waals surface area contributed by atoms with Crippen molar-refractivity contribution in [3.8, 4) is 0 Å². The third-order valence-electron chi connectivity index (χ3n) is 1.84. The van der Waals surface area contributed by atoms with Crippen molar-refractivity contribution in [2.45, 2.75) is 41.5 Å². The number of carbonyl (C=O) groups excluding carboxylic acids is 2. The topological polar surface area (TPSA) is 34.1 Å². The maximum absolute atomic E-state index is 10.7. The van der Waals surface area contributed by atoms with Crippen LogP contribution in [0.1, 0.15) is 41.5 Å². The van der Waals surface area contributed by atoms with Gasteiger partial charge in [-0.1, -0.05) is 40.3 Å². The Labute approximate surface area is 99.4 Å². The van der Waals surface area contributed by atoms with Crippen molar-refractivity contribution >= 4 is 11.6 Å². The van der Waals surface area contributed by atoms with E-state index < -0.39 is 0 Å². The highest BCUT2D eigenvalue weighted by Gasteiger charge is 2.05. The van der Waals surface area contributed by atoms with Gasteiger partial charge in [0.25, 0.3) is 0 Å². The molecule has 0 aromatic heterocycles. The molecule has 2 heteroatoms. The molecule has 0 unspecified atom stereocenters. The van der Waals surface area contributed by atoms with Gasteiger partial charge in [0.2, 0.25) is 0 Å². The van der Waals surface area contributed by atoms with Crippen molar-refractivity contribution in [2.24, 2.45) is 11.8 Å². The standard InChI is InChI=1S/2C7H12O/c1-5(2)7(8)6(3)4;1-4-5-7(8)6(2)3/h6H,1H2,2-4H3;4-6H,1-3H3/b;5-4+. The molecule has 0 saturated carbocycles. The molecule has 2 nitrogen and oxygen atoms in total. The van der Waals surface area contributed by atoms with Crippen LogP contribution in [0.2, 0.25) is 0 Å². The average molecular weight is 224 g/mol. The van der Waals surface area contributed by atoms with Gasteiger partial charge in [0, 0.05) is 11.8 Å². The second-order valence-corrected chi connectivity index (χ2v) is 4.36. The molecule has 0 saturated heterocycles. The first-order valence-corrected chi connectivity index (χ1v) is 5.60. The van der Waals surface area contributed by atoms with E-state index in [0.29, 0.717) is 5.57 Å². The molecule has 0 radical (unpaired) electrons. The monoisotopic (exact) mass is 224 g/mol. The molecule has 16 heavy (non-hydrogen) atoms. The summed E-state index contributed by atoms with van der Waals surface area (Å²) in [6, 6.07) is 0. The predicted octanol–water partition coefficient (Wildman–Crippen LogP) is 3.58. The Balaban J connectivity index is 0. The number of allylic oxidation sites excluding steroid dienone is 3. The first kappa shape index (κ1) is 17.2. The van der Waals surface area contributed by atoms with Crippen LogP contribution in [0.25, 0.3) is 0 Å². The minimum Gasteiger partial charge on any atom is -0.295 e. The number of rotatable bonds is 4. The Morgan fingerprint density at radius 2 is 1.50 bits per heavy atom. The summed E-state index contributed by atoms with van der Waals surface area (Å²) < 4.78 is 0. The van der Waals surface area contributed by atoms with Gasteiger partial charge < -0.3 is 0 Å². The number of Topliss-reactive ketones (excluding diaryl/α,β-unsaturated/α-hetero) is 1. The van der Waals surface area contributed by atoms with Gasteiger partial charge in [-0.3, -0.25) is 9.59 Å². The molecule has 0 bridgehead atoms. The van der Waals surface area contributed by atoms with Gasteiger partial charge in [0.15, 0.2) is 11.6 Å². The van der Waals surface area contributed by atoms with E-state index in [1.165, 1.54) is 0 Å². The number of hydrogen-bond donors (Lipinski definition) is 0. The molecule has 0 N–H and O–H groups in total. The van der Waals surface area contributed by atoms with Crippen molar-refractivity contribution in [3.63, 3.8) is 0 Å². The Bertz CT molecular complexity index is 270. The van der Waals surface area contributed by atoms with Crippen LogP contribution in [0.3, 0.4) is 0 Å². The third kappa shape index (κ3) is 9.38. The smallest absolute Gasteiger partial charge is 0.160 e. The number of hydrogen-bond acceptors (Lipinski definition) is 2. The molecule has 0 atom stereocenters. The van der Waals surface area contributed by atoms with E-state index in [0.717, 1.165) is 0 Å². The van der Waals surface area contributed by atoms with E-state index in [2.05, 4.69) is 6.58 Å². The summed E-state index contributed by atoms with van der Waals surface area (Å²) in [6.45, 7) is 14.6. The summed E-state index contributed by atoms with van der Waals surface area (Å²) in [5.74, 6) is 0.608. The molecule has 92 valence electrons. The van der Waals surface area contributed by atoms with Crippen molar-refractivity contribution in [1.29, 1.82) is 0 Å². The summed E-state index contributed by atoms with van der Waals surface area (Å²) >= 11 is 0. The van der Waals surface area contributed by atoms with Crippen LogP contribution < -0.4 is 0 Å². The molecule has 0 aromatic carbocycles. The lowest BCUT2D eigenvalue weighted by Crippen LogP contribution is -2.06. The second kappa shape index (κ2) is 9.08. The molecule has 0 aliphatic carbocycles. The van der Waals surface area contributed by atoms with Crippen LogP contribution in [0.15, 0.2) is 24.3 Å². The molecule has 0 heterocycles. The second-order valence-electron chi connectivity index (χ2n) is 4.36. The van der Waals surface area contributed by atoms with Crippen molar-refractivity contribution in [1.82, 2.24) is 0 Å². The third-order valence-corrected chi connectivity index (χ3v) is 1.84. The Kier molecular flexibility index (Phi) is 9.77. The molecule has 0 aromatic rings. The first-order valence-electron chi connectivity index (χ1n) is 5.60. The number of ketones is 2. The minimum atomic E-state index is 0.104.